The molecule has 5 nitrogen and oxygen atoms in total. The van der Waals surface area contributed by atoms with Gasteiger partial charge in [0.2, 0.25) is 5.91 Å². The summed E-state index contributed by atoms with van der Waals surface area (Å²) < 4.78 is 5.42. The van der Waals surface area contributed by atoms with Crippen LogP contribution in [0.1, 0.15) is 36.5 Å². The molecule has 1 aromatic carbocycles. The van der Waals surface area contributed by atoms with Gasteiger partial charge in [0, 0.05) is 28.9 Å². The number of ether oxygens (including phenoxy) is 1. The Morgan fingerprint density at radius 2 is 1.81 bits per heavy atom. The molecule has 0 aliphatic rings. The van der Waals surface area contributed by atoms with Gasteiger partial charge >= 0.3 is 5.97 Å². The number of halogens is 1. The van der Waals surface area contributed by atoms with Gasteiger partial charge in [0.15, 0.2) is 5.78 Å². The molecule has 0 aliphatic heterocycles. The van der Waals surface area contributed by atoms with Gasteiger partial charge in [0.1, 0.15) is 0 Å². The molecule has 0 saturated heterocycles. The Labute approximate surface area is 132 Å². The zero-order chi connectivity index (χ0) is 15.8. The van der Waals surface area contributed by atoms with Crippen molar-refractivity contribution in [3.05, 3.63) is 34.3 Å². The number of benzene rings is 1. The normalized spacial score (nSPS) is 11.6. The van der Waals surface area contributed by atoms with Crippen LogP contribution in [0.4, 0.5) is 0 Å². The third-order valence-corrected chi connectivity index (χ3v) is 3.38. The van der Waals surface area contributed by atoms with Gasteiger partial charge in [0.25, 0.3) is 0 Å². The number of esters is 1. The lowest BCUT2D eigenvalue weighted by molar-refractivity contribution is -0.141. The van der Waals surface area contributed by atoms with E-state index < -0.39 is 0 Å². The van der Waals surface area contributed by atoms with Crippen molar-refractivity contribution in [2.24, 2.45) is 0 Å². The second kappa shape index (κ2) is 8.56. The van der Waals surface area contributed by atoms with Crippen molar-refractivity contribution in [2.75, 3.05) is 7.11 Å². The monoisotopic (exact) mass is 355 g/mol. The fraction of sp³-hybridized carbons (Fsp3) is 0.400. The van der Waals surface area contributed by atoms with E-state index in [9.17, 15) is 14.4 Å². The van der Waals surface area contributed by atoms with Crippen LogP contribution in [0.2, 0.25) is 0 Å². The molecule has 21 heavy (non-hydrogen) atoms. The van der Waals surface area contributed by atoms with Crippen molar-refractivity contribution in [1.82, 2.24) is 5.32 Å². The number of ketones is 1. The van der Waals surface area contributed by atoms with E-state index in [4.69, 9.17) is 0 Å². The molecule has 0 aromatic heterocycles. The third kappa shape index (κ3) is 6.53. The minimum absolute atomic E-state index is 0.0849. The molecular formula is C15H18BrNO4. The highest BCUT2D eigenvalue weighted by molar-refractivity contribution is 9.10. The lowest BCUT2D eigenvalue weighted by atomic mass is 10.1. The van der Waals surface area contributed by atoms with Crippen LogP contribution in [-0.4, -0.2) is 30.8 Å². The van der Waals surface area contributed by atoms with Gasteiger partial charge in [-0.05, 0) is 19.1 Å². The number of amides is 1. The molecule has 0 aliphatic carbocycles. The molecule has 1 atom stereocenters. The summed E-state index contributed by atoms with van der Waals surface area (Å²) in [4.78, 5) is 34.6. The first kappa shape index (κ1) is 17.4. The zero-order valence-electron chi connectivity index (χ0n) is 12.0. The number of carbonyl (C=O) groups excluding carboxylic acids is 3. The number of carbonyl (C=O) groups is 3. The minimum Gasteiger partial charge on any atom is -0.469 e. The van der Waals surface area contributed by atoms with E-state index in [1.54, 1.807) is 31.2 Å². The molecule has 1 aromatic rings. The molecule has 114 valence electrons. The summed E-state index contributed by atoms with van der Waals surface area (Å²) in [6, 6.07) is 6.68. The SMILES string of the molecule is COC(=O)CC(C)NC(=O)CCC(=O)c1ccc(Br)cc1. The standard InChI is InChI=1S/C15H18BrNO4/c1-10(9-15(20)21-2)17-14(19)8-7-13(18)11-3-5-12(16)6-4-11/h3-6,10H,7-9H2,1-2H3,(H,17,19). The number of hydrogen-bond donors (Lipinski definition) is 1. The van der Waals surface area contributed by atoms with Crippen molar-refractivity contribution in [3.63, 3.8) is 0 Å². The maximum Gasteiger partial charge on any atom is 0.307 e. The maximum atomic E-state index is 11.9. The Bertz CT molecular complexity index is 513. The molecule has 0 bridgehead atoms. The lowest BCUT2D eigenvalue weighted by Gasteiger charge is -2.12. The topological polar surface area (TPSA) is 72.5 Å². The highest BCUT2D eigenvalue weighted by Gasteiger charge is 2.14. The van der Waals surface area contributed by atoms with E-state index in [1.165, 1.54) is 7.11 Å². The number of methoxy groups -OCH3 is 1. The van der Waals surface area contributed by atoms with Crippen LogP contribution < -0.4 is 5.32 Å². The summed E-state index contributed by atoms with van der Waals surface area (Å²) in [5, 5.41) is 2.66. The molecule has 1 N–H and O–H groups in total. The lowest BCUT2D eigenvalue weighted by Crippen LogP contribution is -2.34. The van der Waals surface area contributed by atoms with Crippen LogP contribution in [0.25, 0.3) is 0 Å². The Balaban J connectivity index is 2.37. The molecular weight excluding hydrogens is 338 g/mol. The minimum atomic E-state index is -0.381. The highest BCUT2D eigenvalue weighted by Crippen LogP contribution is 2.12. The fourth-order valence-corrected chi connectivity index (χ4v) is 2.00. The average molecular weight is 356 g/mol. The molecule has 0 saturated carbocycles. The van der Waals surface area contributed by atoms with Gasteiger partial charge in [-0.3, -0.25) is 14.4 Å². The summed E-state index contributed by atoms with van der Waals surface area (Å²) >= 11 is 3.30. The van der Waals surface area contributed by atoms with Crippen LogP contribution in [0.3, 0.4) is 0 Å². The van der Waals surface area contributed by atoms with Gasteiger partial charge in [-0.2, -0.15) is 0 Å². The Morgan fingerprint density at radius 1 is 1.19 bits per heavy atom. The van der Waals surface area contributed by atoms with Crippen LogP contribution in [0.15, 0.2) is 28.7 Å². The van der Waals surface area contributed by atoms with Crippen LogP contribution >= 0.6 is 15.9 Å². The van der Waals surface area contributed by atoms with Crippen molar-refractivity contribution in [2.45, 2.75) is 32.2 Å². The van der Waals surface area contributed by atoms with E-state index in [0.29, 0.717) is 5.56 Å². The smallest absolute Gasteiger partial charge is 0.307 e. The number of hydrogen-bond acceptors (Lipinski definition) is 4. The van der Waals surface area contributed by atoms with Crippen LogP contribution in [0.5, 0.6) is 0 Å². The molecule has 0 fully saturated rings. The zero-order valence-corrected chi connectivity index (χ0v) is 13.6. The Morgan fingerprint density at radius 3 is 2.38 bits per heavy atom. The fourth-order valence-electron chi connectivity index (χ4n) is 1.74. The van der Waals surface area contributed by atoms with Crippen LogP contribution in [0, 0.1) is 0 Å². The highest BCUT2D eigenvalue weighted by atomic mass is 79.9. The van der Waals surface area contributed by atoms with Gasteiger partial charge in [-0.15, -0.1) is 0 Å². The maximum absolute atomic E-state index is 11.9. The van der Waals surface area contributed by atoms with E-state index in [0.717, 1.165) is 4.47 Å². The van der Waals surface area contributed by atoms with Gasteiger partial charge in [0.05, 0.1) is 13.5 Å². The summed E-state index contributed by atoms with van der Waals surface area (Å²) in [7, 11) is 1.30. The quantitative estimate of drug-likeness (QED) is 0.602. The van der Waals surface area contributed by atoms with Crippen LogP contribution in [-0.2, 0) is 14.3 Å². The molecule has 1 rings (SSSR count). The van der Waals surface area contributed by atoms with Crippen molar-refractivity contribution in [1.29, 1.82) is 0 Å². The van der Waals surface area contributed by atoms with Crippen molar-refractivity contribution < 1.29 is 19.1 Å². The molecule has 1 unspecified atom stereocenters. The van der Waals surface area contributed by atoms with Gasteiger partial charge in [-0.25, -0.2) is 0 Å². The molecule has 0 heterocycles. The summed E-state index contributed by atoms with van der Waals surface area (Å²) in [6.07, 6.45) is 0.349. The predicted molar refractivity (Wildman–Crippen MR) is 81.9 cm³/mol. The predicted octanol–water partition coefficient (Wildman–Crippen LogP) is 2.48. The van der Waals surface area contributed by atoms with E-state index in [2.05, 4.69) is 26.0 Å². The first-order valence-corrected chi connectivity index (χ1v) is 7.36. The third-order valence-electron chi connectivity index (χ3n) is 2.85. The molecule has 1 amide bonds. The summed E-state index contributed by atoms with van der Waals surface area (Å²) in [5.41, 5.74) is 0.577. The molecule has 0 radical (unpaired) electrons. The first-order chi connectivity index (χ1) is 9.92. The Kier molecular flexibility index (Phi) is 7.08. The second-order valence-electron chi connectivity index (χ2n) is 4.68. The van der Waals surface area contributed by atoms with Crippen molar-refractivity contribution >= 4 is 33.6 Å². The number of rotatable bonds is 7. The second-order valence-corrected chi connectivity index (χ2v) is 5.59. The molecule has 0 spiro atoms. The number of nitrogens with one attached hydrogen (secondary N) is 1. The first-order valence-electron chi connectivity index (χ1n) is 6.57. The number of Topliss-reactive ketones (excluding diaryl/α,β-unsaturated/α-hetero) is 1. The largest absolute Gasteiger partial charge is 0.469 e. The summed E-state index contributed by atoms with van der Waals surface area (Å²) in [6.45, 7) is 1.71. The van der Waals surface area contributed by atoms with E-state index in [-0.39, 0.29) is 43.0 Å². The van der Waals surface area contributed by atoms with Gasteiger partial charge in [-0.1, -0.05) is 28.1 Å². The van der Waals surface area contributed by atoms with Gasteiger partial charge < -0.3 is 10.1 Å². The summed E-state index contributed by atoms with van der Waals surface area (Å²) in [5.74, 6) is -0.719. The Hall–Kier alpha value is -1.69. The van der Waals surface area contributed by atoms with E-state index in [1.807, 2.05) is 0 Å². The molecule has 6 heteroatoms. The van der Waals surface area contributed by atoms with Crippen molar-refractivity contribution in [3.8, 4) is 0 Å². The average Bonchev–Trinajstić information content (AvgIpc) is 2.45. The van der Waals surface area contributed by atoms with E-state index >= 15 is 0 Å².